The lowest BCUT2D eigenvalue weighted by molar-refractivity contribution is 0.0835. The highest BCUT2D eigenvalue weighted by molar-refractivity contribution is 5.37. The second kappa shape index (κ2) is 3.34. The van der Waals surface area contributed by atoms with Crippen LogP contribution in [0.4, 0.5) is 5.82 Å². The summed E-state index contributed by atoms with van der Waals surface area (Å²) in [6, 6.07) is 4.41. The molecule has 1 aliphatic rings. The first-order valence-corrected chi connectivity index (χ1v) is 4.61. The van der Waals surface area contributed by atoms with Crippen LogP contribution in [0.2, 0.25) is 0 Å². The van der Waals surface area contributed by atoms with Crippen LogP contribution in [-0.2, 0) is 0 Å². The zero-order valence-corrected chi connectivity index (χ0v) is 7.70. The number of aromatic nitrogens is 1. The molecule has 3 nitrogen and oxygen atoms in total. The third kappa shape index (κ3) is 1.98. The van der Waals surface area contributed by atoms with Crippen LogP contribution in [0.5, 0.6) is 0 Å². The number of anilines is 1. The number of aliphatic hydroxyl groups is 1. The standard InChI is InChI=1S/C10H14N2O/c1-7-2-3-10(11-6-7)12-8-4-9(13)5-8/h2-3,6,8-9,13H,4-5H2,1H3,(H,11,12). The van der Waals surface area contributed by atoms with Gasteiger partial charge in [-0.15, -0.1) is 0 Å². The second-order valence-electron chi connectivity index (χ2n) is 3.69. The monoisotopic (exact) mass is 178 g/mol. The molecule has 0 atom stereocenters. The van der Waals surface area contributed by atoms with Crippen molar-refractivity contribution in [3.8, 4) is 0 Å². The van der Waals surface area contributed by atoms with Crippen LogP contribution >= 0.6 is 0 Å². The van der Waals surface area contributed by atoms with Crippen molar-refractivity contribution >= 4 is 5.82 Å². The van der Waals surface area contributed by atoms with E-state index in [4.69, 9.17) is 5.11 Å². The van der Waals surface area contributed by atoms with E-state index >= 15 is 0 Å². The number of hydrogen-bond acceptors (Lipinski definition) is 3. The van der Waals surface area contributed by atoms with E-state index in [1.165, 1.54) is 5.56 Å². The molecule has 3 heteroatoms. The van der Waals surface area contributed by atoms with Gasteiger partial charge in [0.2, 0.25) is 0 Å². The molecule has 0 amide bonds. The van der Waals surface area contributed by atoms with Crippen molar-refractivity contribution in [2.24, 2.45) is 0 Å². The highest BCUT2D eigenvalue weighted by atomic mass is 16.3. The zero-order valence-electron chi connectivity index (χ0n) is 7.70. The number of nitrogens with one attached hydrogen (secondary N) is 1. The molecule has 1 aromatic heterocycles. The van der Waals surface area contributed by atoms with E-state index in [0.717, 1.165) is 18.7 Å². The van der Waals surface area contributed by atoms with E-state index in [2.05, 4.69) is 10.3 Å². The molecule has 1 aromatic rings. The lowest BCUT2D eigenvalue weighted by atomic mass is 9.89. The van der Waals surface area contributed by atoms with Gasteiger partial charge in [0.1, 0.15) is 5.82 Å². The highest BCUT2D eigenvalue weighted by Crippen LogP contribution is 2.22. The minimum absolute atomic E-state index is 0.108. The van der Waals surface area contributed by atoms with Crippen LogP contribution < -0.4 is 5.32 Å². The Kier molecular flexibility index (Phi) is 2.19. The molecule has 13 heavy (non-hydrogen) atoms. The van der Waals surface area contributed by atoms with Gasteiger partial charge in [-0.1, -0.05) is 6.07 Å². The van der Waals surface area contributed by atoms with Crippen molar-refractivity contribution in [3.05, 3.63) is 23.9 Å². The molecule has 0 aliphatic heterocycles. The SMILES string of the molecule is Cc1ccc(NC2CC(O)C2)nc1. The molecule has 0 unspecified atom stereocenters. The maximum Gasteiger partial charge on any atom is 0.126 e. The van der Waals surface area contributed by atoms with Crippen molar-refractivity contribution in [2.75, 3.05) is 5.32 Å². The second-order valence-corrected chi connectivity index (χ2v) is 3.69. The molecule has 1 aliphatic carbocycles. The van der Waals surface area contributed by atoms with Gasteiger partial charge in [0.05, 0.1) is 6.10 Å². The van der Waals surface area contributed by atoms with E-state index in [1.54, 1.807) is 0 Å². The molecule has 2 N–H and O–H groups in total. The first-order valence-electron chi connectivity index (χ1n) is 4.61. The van der Waals surface area contributed by atoms with Gasteiger partial charge < -0.3 is 10.4 Å². The maximum atomic E-state index is 9.08. The van der Waals surface area contributed by atoms with E-state index in [1.807, 2.05) is 25.3 Å². The molecule has 0 aromatic carbocycles. The zero-order chi connectivity index (χ0) is 9.26. The summed E-state index contributed by atoms with van der Waals surface area (Å²) in [6.45, 7) is 2.02. The molecule has 1 heterocycles. The van der Waals surface area contributed by atoms with E-state index in [0.29, 0.717) is 6.04 Å². The molecule has 2 rings (SSSR count). The Balaban J connectivity index is 1.91. The number of pyridine rings is 1. The van der Waals surface area contributed by atoms with Gasteiger partial charge in [-0.05, 0) is 31.4 Å². The molecule has 0 bridgehead atoms. The molecule has 0 radical (unpaired) electrons. The summed E-state index contributed by atoms with van der Waals surface area (Å²) in [7, 11) is 0. The van der Waals surface area contributed by atoms with E-state index < -0.39 is 0 Å². The van der Waals surface area contributed by atoms with Gasteiger partial charge in [0, 0.05) is 12.2 Å². The lowest BCUT2D eigenvalue weighted by Gasteiger charge is -2.32. The van der Waals surface area contributed by atoms with E-state index in [-0.39, 0.29) is 6.10 Å². The van der Waals surface area contributed by atoms with Crippen LogP contribution in [0.15, 0.2) is 18.3 Å². The van der Waals surface area contributed by atoms with Crippen LogP contribution in [-0.4, -0.2) is 22.2 Å². The van der Waals surface area contributed by atoms with E-state index in [9.17, 15) is 0 Å². The fourth-order valence-electron chi connectivity index (χ4n) is 1.47. The number of aryl methyl sites for hydroxylation is 1. The summed E-state index contributed by atoms with van der Waals surface area (Å²) in [5.74, 6) is 0.905. The lowest BCUT2D eigenvalue weighted by Crippen LogP contribution is -2.39. The fourth-order valence-corrected chi connectivity index (χ4v) is 1.47. The van der Waals surface area contributed by atoms with Gasteiger partial charge in [0.25, 0.3) is 0 Å². The minimum Gasteiger partial charge on any atom is -0.393 e. The minimum atomic E-state index is -0.108. The first kappa shape index (κ1) is 8.51. The first-order chi connectivity index (χ1) is 6.24. The summed E-state index contributed by atoms with van der Waals surface area (Å²) in [4.78, 5) is 4.23. The van der Waals surface area contributed by atoms with Crippen LogP contribution in [0.1, 0.15) is 18.4 Å². The number of nitrogens with zero attached hydrogens (tertiary/aromatic N) is 1. The maximum absolute atomic E-state index is 9.08. The molecule has 0 spiro atoms. The average molecular weight is 178 g/mol. The number of hydrogen-bond donors (Lipinski definition) is 2. The fraction of sp³-hybridized carbons (Fsp3) is 0.500. The topological polar surface area (TPSA) is 45.1 Å². The Morgan fingerprint density at radius 2 is 2.23 bits per heavy atom. The molecular weight excluding hydrogens is 164 g/mol. The normalized spacial score (nSPS) is 26.6. The largest absolute Gasteiger partial charge is 0.393 e. The quantitative estimate of drug-likeness (QED) is 0.718. The van der Waals surface area contributed by atoms with Crippen LogP contribution in [0.3, 0.4) is 0 Å². The van der Waals surface area contributed by atoms with Crippen LogP contribution in [0.25, 0.3) is 0 Å². The summed E-state index contributed by atoms with van der Waals surface area (Å²) >= 11 is 0. The van der Waals surface area contributed by atoms with Gasteiger partial charge in [-0.3, -0.25) is 0 Å². The average Bonchev–Trinajstić information content (AvgIpc) is 2.06. The van der Waals surface area contributed by atoms with Gasteiger partial charge in [-0.25, -0.2) is 4.98 Å². The number of aliphatic hydroxyl groups excluding tert-OH is 1. The Morgan fingerprint density at radius 3 is 2.77 bits per heavy atom. The summed E-state index contributed by atoms with van der Waals surface area (Å²) in [5.41, 5.74) is 1.17. The Hall–Kier alpha value is -1.09. The van der Waals surface area contributed by atoms with Gasteiger partial charge >= 0.3 is 0 Å². The highest BCUT2D eigenvalue weighted by Gasteiger charge is 2.26. The van der Waals surface area contributed by atoms with Gasteiger partial charge in [-0.2, -0.15) is 0 Å². The predicted molar refractivity (Wildman–Crippen MR) is 51.6 cm³/mol. The van der Waals surface area contributed by atoms with Crippen molar-refractivity contribution < 1.29 is 5.11 Å². The number of rotatable bonds is 2. The van der Waals surface area contributed by atoms with Crippen LogP contribution in [0, 0.1) is 6.92 Å². The third-order valence-corrected chi connectivity index (χ3v) is 2.38. The predicted octanol–water partition coefficient (Wildman–Crippen LogP) is 1.33. The summed E-state index contributed by atoms with van der Waals surface area (Å²) < 4.78 is 0. The Bertz CT molecular complexity index is 277. The summed E-state index contributed by atoms with van der Waals surface area (Å²) in [6.07, 6.45) is 3.42. The van der Waals surface area contributed by atoms with Gasteiger partial charge in [0.15, 0.2) is 0 Å². The van der Waals surface area contributed by atoms with Crippen molar-refractivity contribution in [1.82, 2.24) is 4.98 Å². The molecule has 0 saturated heterocycles. The third-order valence-electron chi connectivity index (χ3n) is 2.38. The Labute approximate surface area is 77.8 Å². The summed E-state index contributed by atoms with van der Waals surface area (Å²) in [5, 5.41) is 12.3. The molecule has 1 saturated carbocycles. The van der Waals surface area contributed by atoms with Crippen molar-refractivity contribution in [2.45, 2.75) is 31.9 Å². The molecule has 1 fully saturated rings. The Morgan fingerprint density at radius 1 is 1.46 bits per heavy atom. The van der Waals surface area contributed by atoms with Crippen molar-refractivity contribution in [3.63, 3.8) is 0 Å². The smallest absolute Gasteiger partial charge is 0.126 e. The molecular formula is C10H14N2O. The van der Waals surface area contributed by atoms with Crippen molar-refractivity contribution in [1.29, 1.82) is 0 Å². The molecule has 70 valence electrons.